The molecule has 1 saturated heterocycles. The van der Waals surface area contributed by atoms with Gasteiger partial charge in [0.25, 0.3) is 0 Å². The summed E-state index contributed by atoms with van der Waals surface area (Å²) < 4.78 is 0. The van der Waals surface area contributed by atoms with Crippen molar-refractivity contribution in [1.82, 2.24) is 15.2 Å². The predicted molar refractivity (Wildman–Crippen MR) is 50.5 cm³/mol. The van der Waals surface area contributed by atoms with Gasteiger partial charge in [-0.15, -0.1) is 0 Å². The normalized spacial score (nSPS) is 14.9. The van der Waals surface area contributed by atoms with Gasteiger partial charge in [0.05, 0.1) is 0 Å². The Kier molecular flexibility index (Phi) is 4.56. The van der Waals surface area contributed by atoms with Gasteiger partial charge < -0.3 is 16.8 Å². The van der Waals surface area contributed by atoms with Crippen LogP contribution in [-0.4, -0.2) is 23.0 Å². The minimum atomic E-state index is 0. The van der Waals surface area contributed by atoms with Crippen LogP contribution in [0, 0.1) is 6.58 Å². The fourth-order valence-electron chi connectivity index (χ4n) is 1.43. The first-order chi connectivity index (χ1) is 6.36. The van der Waals surface area contributed by atoms with Crippen LogP contribution in [0.25, 0.3) is 0 Å². The van der Waals surface area contributed by atoms with E-state index in [0.29, 0.717) is 0 Å². The van der Waals surface area contributed by atoms with Crippen molar-refractivity contribution >= 4 is 0 Å². The molecule has 1 aromatic rings. The molecule has 14 heavy (non-hydrogen) atoms. The zero-order valence-electron chi connectivity index (χ0n) is 7.98. The molecule has 0 amide bonds. The summed E-state index contributed by atoms with van der Waals surface area (Å²) in [6.07, 6.45) is 3.64. The third kappa shape index (κ3) is 2.79. The Hall–Kier alpha value is -0.406. The first kappa shape index (κ1) is 11.7. The summed E-state index contributed by atoms with van der Waals surface area (Å²) >= 11 is 0. The van der Waals surface area contributed by atoms with E-state index in [4.69, 9.17) is 6.58 Å². The molecule has 0 unspecified atom stereocenters. The van der Waals surface area contributed by atoms with Crippen molar-refractivity contribution in [2.24, 2.45) is 0 Å². The van der Waals surface area contributed by atoms with Gasteiger partial charge in [-0.3, -0.25) is 4.98 Å². The summed E-state index contributed by atoms with van der Waals surface area (Å²) in [5.74, 6) is 0.767. The molecule has 0 spiro atoms. The molecule has 1 aromatic heterocycles. The van der Waals surface area contributed by atoms with E-state index in [2.05, 4.69) is 21.3 Å². The number of rotatable bonds is 2. The Labute approximate surface area is 109 Å². The third-order valence-corrected chi connectivity index (χ3v) is 2.12. The number of pyridine rings is 1. The van der Waals surface area contributed by atoms with Crippen LogP contribution < -0.4 is 5.32 Å². The molecule has 1 aliphatic heterocycles. The molecule has 0 aliphatic carbocycles. The number of nitrogens with one attached hydrogen (secondary N) is 1. The average molecular weight is 263 g/mol. The summed E-state index contributed by atoms with van der Waals surface area (Å²) in [5.41, 5.74) is 1.19. The Morgan fingerprint density at radius 3 is 3.00 bits per heavy atom. The first-order valence-corrected chi connectivity index (χ1v) is 4.36. The van der Waals surface area contributed by atoms with E-state index in [1.54, 1.807) is 6.20 Å². The van der Waals surface area contributed by atoms with E-state index in [0.717, 1.165) is 25.5 Å². The maximum absolute atomic E-state index is 5.74. The summed E-state index contributed by atoms with van der Waals surface area (Å²) in [6, 6.07) is 3.99. The second-order valence-corrected chi connectivity index (χ2v) is 3.09. The minimum Gasteiger partial charge on any atom is -0.472 e. The van der Waals surface area contributed by atoms with Crippen LogP contribution in [0.1, 0.15) is 5.56 Å². The molecule has 2 heterocycles. The largest absolute Gasteiger partial charge is 0.472 e. The van der Waals surface area contributed by atoms with Crippen LogP contribution in [0.5, 0.6) is 0 Å². The van der Waals surface area contributed by atoms with Crippen LogP contribution in [-0.2, 0) is 39.3 Å². The maximum Gasteiger partial charge on any atom is 0.0430 e. The van der Waals surface area contributed by atoms with Crippen molar-refractivity contribution in [2.45, 2.75) is 6.54 Å². The van der Waals surface area contributed by atoms with Gasteiger partial charge in [0.15, 0.2) is 0 Å². The van der Waals surface area contributed by atoms with Crippen molar-refractivity contribution < 1.29 is 32.7 Å². The van der Waals surface area contributed by atoms with Crippen molar-refractivity contribution in [3.63, 3.8) is 0 Å². The van der Waals surface area contributed by atoms with Gasteiger partial charge in [-0.1, -0.05) is 11.9 Å². The molecule has 0 saturated carbocycles. The minimum absolute atomic E-state index is 0. The van der Waals surface area contributed by atoms with Crippen molar-refractivity contribution in [3.05, 3.63) is 42.5 Å². The Bertz CT molecular complexity index is 299. The Balaban J connectivity index is 0.000000980. The summed E-state index contributed by atoms with van der Waals surface area (Å²) in [7, 11) is 0. The third-order valence-electron chi connectivity index (χ3n) is 2.12. The summed E-state index contributed by atoms with van der Waals surface area (Å²) in [5, 5.41) is 3.09. The van der Waals surface area contributed by atoms with E-state index in [1.165, 1.54) is 5.56 Å². The van der Waals surface area contributed by atoms with Crippen molar-refractivity contribution in [2.75, 3.05) is 13.1 Å². The molecule has 0 aromatic carbocycles. The SMILES string of the molecule is [CH-]=C1NCCN1Cc1cccnc1.[Y]. The smallest absolute Gasteiger partial charge is 0.0430 e. The quantitative estimate of drug-likeness (QED) is 0.798. The second-order valence-electron chi connectivity index (χ2n) is 3.09. The number of nitrogens with zero attached hydrogens (tertiary/aromatic N) is 2. The molecule has 1 fully saturated rings. The van der Waals surface area contributed by atoms with Gasteiger partial charge in [0.2, 0.25) is 0 Å². The van der Waals surface area contributed by atoms with E-state index >= 15 is 0 Å². The van der Waals surface area contributed by atoms with E-state index in [1.807, 2.05) is 12.3 Å². The van der Waals surface area contributed by atoms with Gasteiger partial charge >= 0.3 is 0 Å². The zero-order chi connectivity index (χ0) is 9.10. The van der Waals surface area contributed by atoms with Crippen LogP contribution >= 0.6 is 0 Å². The van der Waals surface area contributed by atoms with Crippen molar-refractivity contribution in [1.29, 1.82) is 0 Å². The molecule has 2 rings (SSSR count). The van der Waals surface area contributed by atoms with Crippen LogP contribution in [0.3, 0.4) is 0 Å². The molecule has 4 heteroatoms. The van der Waals surface area contributed by atoms with Gasteiger partial charge in [0.1, 0.15) is 0 Å². The number of aromatic nitrogens is 1. The molecule has 1 radical (unpaired) electrons. The zero-order valence-corrected chi connectivity index (χ0v) is 10.8. The summed E-state index contributed by atoms with van der Waals surface area (Å²) in [6.45, 7) is 8.49. The molecular formula is C10H12N3Y-. The number of hydrogen-bond acceptors (Lipinski definition) is 3. The summed E-state index contributed by atoms with van der Waals surface area (Å²) in [4.78, 5) is 6.16. The predicted octanol–water partition coefficient (Wildman–Crippen LogP) is 0.759. The second kappa shape index (κ2) is 5.47. The fourth-order valence-corrected chi connectivity index (χ4v) is 1.43. The van der Waals surface area contributed by atoms with Gasteiger partial charge in [-0.25, -0.2) is 0 Å². The van der Waals surface area contributed by atoms with Crippen molar-refractivity contribution in [3.8, 4) is 0 Å². The molecule has 0 atom stereocenters. The van der Waals surface area contributed by atoms with Crippen LogP contribution in [0.15, 0.2) is 30.3 Å². The van der Waals surface area contributed by atoms with Gasteiger partial charge in [-0.2, -0.15) is 0 Å². The monoisotopic (exact) mass is 263 g/mol. The molecule has 0 bridgehead atoms. The van der Waals surface area contributed by atoms with E-state index < -0.39 is 0 Å². The van der Waals surface area contributed by atoms with E-state index in [-0.39, 0.29) is 32.7 Å². The maximum atomic E-state index is 5.74. The first-order valence-electron chi connectivity index (χ1n) is 4.36. The van der Waals surface area contributed by atoms with E-state index in [9.17, 15) is 0 Å². The molecule has 1 N–H and O–H groups in total. The standard InChI is InChI=1S/C10H12N3.Y/c1-9-12-5-6-13(9)8-10-3-2-4-11-7-10;/h1-4,7,12H,5-6,8H2;/q-1;. The molecule has 1 aliphatic rings. The fraction of sp³-hybridized carbons (Fsp3) is 0.300. The molecular weight excluding hydrogens is 251 g/mol. The Morgan fingerprint density at radius 2 is 2.43 bits per heavy atom. The molecule has 3 nitrogen and oxygen atoms in total. The molecule has 71 valence electrons. The Morgan fingerprint density at radius 1 is 1.57 bits per heavy atom. The number of hydrogen-bond donors (Lipinski definition) is 1. The topological polar surface area (TPSA) is 28.2 Å². The van der Waals surface area contributed by atoms with Crippen LogP contribution in [0.2, 0.25) is 0 Å². The average Bonchev–Trinajstić information content (AvgIpc) is 2.54. The van der Waals surface area contributed by atoms with Crippen LogP contribution in [0.4, 0.5) is 0 Å². The van der Waals surface area contributed by atoms with Gasteiger partial charge in [-0.05, 0) is 11.6 Å². The van der Waals surface area contributed by atoms with Gasteiger partial charge in [0, 0.05) is 64.7 Å².